The number of fused-ring (bicyclic) bond motifs is 1. The van der Waals surface area contributed by atoms with Crippen molar-refractivity contribution in [2.75, 3.05) is 0 Å². The summed E-state index contributed by atoms with van der Waals surface area (Å²) in [5.74, 6) is 0.660. The largest absolute Gasteiger partial charge is 0.439 e. The fourth-order valence-electron chi connectivity index (χ4n) is 2.20. The Bertz CT molecular complexity index is 737. The second kappa shape index (κ2) is 6.06. The van der Waals surface area contributed by atoms with Gasteiger partial charge in [0.1, 0.15) is 5.52 Å². The number of oxazole rings is 1. The molecule has 1 heterocycles. The number of hydrogen-bond acceptors (Lipinski definition) is 3. The van der Waals surface area contributed by atoms with E-state index in [1.807, 2.05) is 43.3 Å². The highest BCUT2D eigenvalue weighted by Gasteiger charge is 2.11. The molecule has 3 nitrogen and oxygen atoms in total. The van der Waals surface area contributed by atoms with Crippen molar-refractivity contribution in [3.05, 3.63) is 64.0 Å². The van der Waals surface area contributed by atoms with Gasteiger partial charge >= 0.3 is 0 Å². The lowest BCUT2D eigenvalue weighted by Crippen LogP contribution is -2.18. The highest BCUT2D eigenvalue weighted by Crippen LogP contribution is 2.26. The predicted octanol–water partition coefficient (Wildman–Crippen LogP) is 4.99. The van der Waals surface area contributed by atoms with E-state index >= 15 is 0 Å². The Morgan fingerprint density at radius 1 is 1.19 bits per heavy atom. The molecule has 0 fully saturated rings. The first-order valence-corrected chi connectivity index (χ1v) is 7.42. The summed E-state index contributed by atoms with van der Waals surface area (Å²) in [5.41, 5.74) is 2.66. The zero-order valence-corrected chi connectivity index (χ0v) is 12.9. The second-order valence-corrected chi connectivity index (χ2v) is 5.69. The van der Waals surface area contributed by atoms with Gasteiger partial charge in [-0.2, -0.15) is 0 Å². The number of nitrogens with one attached hydrogen (secondary N) is 1. The van der Waals surface area contributed by atoms with E-state index in [4.69, 9.17) is 27.6 Å². The Morgan fingerprint density at radius 3 is 2.76 bits per heavy atom. The van der Waals surface area contributed by atoms with E-state index in [0.717, 1.165) is 16.7 Å². The second-order valence-electron chi connectivity index (χ2n) is 4.84. The van der Waals surface area contributed by atoms with E-state index in [1.165, 1.54) is 0 Å². The van der Waals surface area contributed by atoms with Crippen molar-refractivity contribution in [2.24, 2.45) is 0 Å². The van der Waals surface area contributed by atoms with Gasteiger partial charge in [0.15, 0.2) is 5.58 Å². The van der Waals surface area contributed by atoms with Crippen LogP contribution in [-0.4, -0.2) is 4.98 Å². The van der Waals surface area contributed by atoms with E-state index in [9.17, 15) is 0 Å². The van der Waals surface area contributed by atoms with Crippen LogP contribution in [0.1, 0.15) is 24.4 Å². The number of hydrogen-bond donors (Lipinski definition) is 1. The Labute approximate surface area is 132 Å². The molecule has 0 aliphatic rings. The third-order valence-corrected chi connectivity index (χ3v) is 3.89. The number of halogens is 2. The predicted molar refractivity (Wildman–Crippen MR) is 85.7 cm³/mol. The number of rotatable bonds is 4. The average molecular weight is 321 g/mol. The quantitative estimate of drug-likeness (QED) is 0.736. The van der Waals surface area contributed by atoms with Crippen LogP contribution in [0.2, 0.25) is 10.0 Å². The van der Waals surface area contributed by atoms with Crippen molar-refractivity contribution in [3.8, 4) is 0 Å². The summed E-state index contributed by atoms with van der Waals surface area (Å²) >= 11 is 12.1. The average Bonchev–Trinajstić information content (AvgIpc) is 2.87. The van der Waals surface area contributed by atoms with Crippen LogP contribution in [0.4, 0.5) is 0 Å². The molecule has 0 saturated heterocycles. The molecule has 0 aliphatic carbocycles. The van der Waals surface area contributed by atoms with Crippen LogP contribution >= 0.6 is 23.2 Å². The zero-order valence-electron chi connectivity index (χ0n) is 11.4. The minimum atomic E-state index is 0.0739. The van der Waals surface area contributed by atoms with Crippen LogP contribution in [0.25, 0.3) is 11.1 Å². The Hall–Kier alpha value is -1.55. The maximum atomic E-state index is 6.21. The summed E-state index contributed by atoms with van der Waals surface area (Å²) in [6.07, 6.45) is 0. The summed E-state index contributed by atoms with van der Waals surface area (Å²) in [6.45, 7) is 2.58. The van der Waals surface area contributed by atoms with E-state index in [2.05, 4.69) is 10.3 Å². The van der Waals surface area contributed by atoms with Crippen molar-refractivity contribution in [3.63, 3.8) is 0 Å². The molecule has 3 rings (SSSR count). The Kier molecular flexibility index (Phi) is 4.15. The minimum absolute atomic E-state index is 0.0739. The molecule has 0 bridgehead atoms. The summed E-state index contributed by atoms with van der Waals surface area (Å²) in [5, 5.41) is 4.64. The molecule has 1 atom stereocenters. The van der Waals surface area contributed by atoms with Gasteiger partial charge in [0, 0.05) is 16.1 Å². The summed E-state index contributed by atoms with van der Waals surface area (Å²) in [6, 6.07) is 13.3. The lowest BCUT2D eigenvalue weighted by molar-refractivity contribution is 0.467. The number of para-hydroxylation sites is 2. The first-order valence-electron chi connectivity index (χ1n) is 6.66. The summed E-state index contributed by atoms with van der Waals surface area (Å²) < 4.78 is 5.68. The molecular formula is C16H14Cl2N2O. The van der Waals surface area contributed by atoms with Gasteiger partial charge in [0.2, 0.25) is 5.89 Å². The highest BCUT2D eigenvalue weighted by atomic mass is 35.5. The highest BCUT2D eigenvalue weighted by molar-refractivity contribution is 6.35. The molecular weight excluding hydrogens is 307 g/mol. The van der Waals surface area contributed by atoms with Gasteiger partial charge in [-0.15, -0.1) is 0 Å². The maximum absolute atomic E-state index is 6.21. The molecule has 0 saturated carbocycles. The molecule has 0 radical (unpaired) electrons. The monoisotopic (exact) mass is 320 g/mol. The van der Waals surface area contributed by atoms with E-state index in [0.29, 0.717) is 22.5 Å². The van der Waals surface area contributed by atoms with Gasteiger partial charge in [-0.25, -0.2) is 4.98 Å². The lowest BCUT2D eigenvalue weighted by Gasteiger charge is -2.14. The Morgan fingerprint density at radius 2 is 2.00 bits per heavy atom. The molecule has 0 amide bonds. The molecule has 0 spiro atoms. The lowest BCUT2D eigenvalue weighted by atomic mass is 10.1. The molecule has 3 aromatic rings. The van der Waals surface area contributed by atoms with Crippen LogP contribution in [0, 0.1) is 0 Å². The van der Waals surface area contributed by atoms with Crippen LogP contribution in [0.5, 0.6) is 0 Å². The number of benzene rings is 2. The SMILES string of the molecule is C[C@@H](NCc1nc2ccccc2o1)c1ccc(Cl)cc1Cl. The topological polar surface area (TPSA) is 38.1 Å². The van der Waals surface area contributed by atoms with Crippen LogP contribution in [-0.2, 0) is 6.54 Å². The van der Waals surface area contributed by atoms with Gasteiger partial charge in [-0.3, -0.25) is 0 Å². The molecule has 1 aromatic heterocycles. The standard InChI is InChI=1S/C16H14Cl2N2O/c1-10(12-7-6-11(17)8-13(12)18)19-9-16-20-14-4-2-3-5-15(14)21-16/h2-8,10,19H,9H2,1H3/t10-/m1/s1. The summed E-state index contributed by atoms with van der Waals surface area (Å²) in [4.78, 5) is 4.43. The molecule has 2 aromatic carbocycles. The van der Waals surface area contributed by atoms with Crippen molar-refractivity contribution in [1.82, 2.24) is 10.3 Å². The molecule has 1 N–H and O–H groups in total. The first kappa shape index (κ1) is 14.4. The number of nitrogens with zero attached hydrogens (tertiary/aromatic N) is 1. The van der Waals surface area contributed by atoms with Crippen molar-refractivity contribution in [1.29, 1.82) is 0 Å². The fourth-order valence-corrected chi connectivity index (χ4v) is 2.77. The van der Waals surface area contributed by atoms with E-state index < -0.39 is 0 Å². The van der Waals surface area contributed by atoms with Gasteiger partial charge in [0.25, 0.3) is 0 Å². The van der Waals surface area contributed by atoms with Gasteiger partial charge in [-0.1, -0.05) is 41.4 Å². The normalized spacial score (nSPS) is 12.7. The first-order chi connectivity index (χ1) is 10.1. The van der Waals surface area contributed by atoms with E-state index in [-0.39, 0.29) is 6.04 Å². The van der Waals surface area contributed by atoms with Gasteiger partial charge in [0.05, 0.1) is 6.54 Å². The maximum Gasteiger partial charge on any atom is 0.209 e. The molecule has 0 unspecified atom stereocenters. The third kappa shape index (κ3) is 3.21. The zero-order chi connectivity index (χ0) is 14.8. The smallest absolute Gasteiger partial charge is 0.209 e. The molecule has 21 heavy (non-hydrogen) atoms. The number of aromatic nitrogens is 1. The molecule has 5 heteroatoms. The van der Waals surface area contributed by atoms with Crippen molar-refractivity contribution in [2.45, 2.75) is 19.5 Å². The van der Waals surface area contributed by atoms with Crippen LogP contribution in [0.15, 0.2) is 46.9 Å². The van der Waals surface area contributed by atoms with Crippen LogP contribution in [0.3, 0.4) is 0 Å². The fraction of sp³-hybridized carbons (Fsp3) is 0.188. The minimum Gasteiger partial charge on any atom is -0.439 e. The Balaban J connectivity index is 1.71. The molecule has 108 valence electrons. The van der Waals surface area contributed by atoms with Crippen molar-refractivity contribution < 1.29 is 4.42 Å². The third-order valence-electron chi connectivity index (χ3n) is 3.33. The van der Waals surface area contributed by atoms with Crippen molar-refractivity contribution >= 4 is 34.3 Å². The summed E-state index contributed by atoms with van der Waals surface area (Å²) in [7, 11) is 0. The van der Waals surface area contributed by atoms with Crippen LogP contribution < -0.4 is 5.32 Å². The van der Waals surface area contributed by atoms with Gasteiger partial charge in [-0.05, 0) is 36.8 Å². The molecule has 0 aliphatic heterocycles. The van der Waals surface area contributed by atoms with E-state index in [1.54, 1.807) is 6.07 Å². The van der Waals surface area contributed by atoms with Gasteiger partial charge < -0.3 is 9.73 Å².